The summed E-state index contributed by atoms with van der Waals surface area (Å²) < 4.78 is 18.7. The largest absolute Gasteiger partial charge is 0.379 e. The van der Waals surface area contributed by atoms with E-state index in [1.54, 1.807) is 19.2 Å². The zero-order valence-electron chi connectivity index (χ0n) is 18.1. The van der Waals surface area contributed by atoms with Crippen LogP contribution in [-0.4, -0.2) is 50.8 Å². The number of hydrogen-bond acceptors (Lipinski definition) is 3. The summed E-state index contributed by atoms with van der Waals surface area (Å²) in [7, 11) is 1.80. The van der Waals surface area contributed by atoms with Crippen molar-refractivity contribution in [3.63, 3.8) is 0 Å². The Labute approximate surface area is 201 Å². The summed E-state index contributed by atoms with van der Waals surface area (Å²) in [5.41, 5.74) is 3.92. The molecule has 0 atom stereocenters. The lowest BCUT2D eigenvalue weighted by Gasteiger charge is -2.27. The van der Waals surface area contributed by atoms with Gasteiger partial charge in [-0.25, -0.2) is 4.39 Å². The molecule has 7 heteroatoms. The first kappa shape index (κ1) is 23.9. The Morgan fingerprint density at radius 3 is 2.35 bits per heavy atom. The molecule has 1 aliphatic heterocycles. The average Bonchev–Trinajstić information content (AvgIpc) is 3.57. The molecule has 1 heterocycles. The van der Waals surface area contributed by atoms with E-state index in [1.807, 2.05) is 12.1 Å². The zero-order valence-corrected chi connectivity index (χ0v) is 20.4. The quantitative estimate of drug-likeness (QED) is 0.321. The maximum absolute atomic E-state index is 13.3. The van der Waals surface area contributed by atoms with E-state index in [0.29, 0.717) is 0 Å². The van der Waals surface area contributed by atoms with Crippen LogP contribution in [0.15, 0.2) is 53.5 Å². The van der Waals surface area contributed by atoms with Gasteiger partial charge in [0.05, 0.1) is 13.2 Å². The highest BCUT2D eigenvalue weighted by Gasteiger charge is 2.44. The number of nitrogens with one attached hydrogen (secondary N) is 2. The van der Waals surface area contributed by atoms with Gasteiger partial charge in [0, 0.05) is 45.2 Å². The molecule has 0 bridgehead atoms. The predicted octanol–water partition coefficient (Wildman–Crippen LogP) is 3.67. The van der Waals surface area contributed by atoms with E-state index in [2.05, 4.69) is 44.8 Å². The van der Waals surface area contributed by atoms with Crippen LogP contribution in [0.4, 0.5) is 4.39 Å². The van der Waals surface area contributed by atoms with Gasteiger partial charge < -0.3 is 15.4 Å². The normalized spacial score (nSPS) is 18.2. The molecule has 1 aliphatic carbocycles. The first-order valence-corrected chi connectivity index (χ1v) is 10.8. The third-order valence-corrected chi connectivity index (χ3v) is 6.19. The van der Waals surface area contributed by atoms with Gasteiger partial charge in [0.1, 0.15) is 5.82 Å². The van der Waals surface area contributed by atoms with Crippen LogP contribution in [0.1, 0.15) is 29.5 Å². The molecule has 1 saturated heterocycles. The van der Waals surface area contributed by atoms with Crippen molar-refractivity contribution in [2.75, 3.05) is 39.9 Å². The van der Waals surface area contributed by atoms with Gasteiger partial charge in [-0.3, -0.25) is 9.89 Å². The molecule has 31 heavy (non-hydrogen) atoms. The summed E-state index contributed by atoms with van der Waals surface area (Å²) in [6.07, 6.45) is 2.23. The Morgan fingerprint density at radius 1 is 1.03 bits per heavy atom. The summed E-state index contributed by atoms with van der Waals surface area (Å²) >= 11 is 0. The van der Waals surface area contributed by atoms with Gasteiger partial charge in [0.15, 0.2) is 5.96 Å². The number of hydrogen-bond donors (Lipinski definition) is 2. The number of guanidine groups is 1. The molecule has 0 unspecified atom stereocenters. The topological polar surface area (TPSA) is 48.9 Å². The molecule has 2 aliphatic rings. The van der Waals surface area contributed by atoms with Crippen molar-refractivity contribution in [2.45, 2.75) is 31.3 Å². The van der Waals surface area contributed by atoms with Crippen LogP contribution in [0, 0.1) is 5.82 Å². The van der Waals surface area contributed by atoms with Crippen molar-refractivity contribution in [1.82, 2.24) is 15.5 Å². The highest BCUT2D eigenvalue weighted by atomic mass is 127. The minimum atomic E-state index is -0.185. The fourth-order valence-corrected chi connectivity index (χ4v) is 4.06. The molecule has 168 valence electrons. The number of nitrogens with zero attached hydrogens (tertiary/aromatic N) is 2. The number of aliphatic imine (C=N–C) groups is 1. The second-order valence-corrected chi connectivity index (χ2v) is 8.22. The van der Waals surface area contributed by atoms with E-state index in [1.165, 1.54) is 16.7 Å². The SMILES string of the molecule is CN=C(NCc1ccccc1CN1CCOCC1)NCC1(c2ccc(F)cc2)CC1.I. The molecule has 0 amide bonds. The molecule has 2 aromatic rings. The standard InChI is InChI=1S/C24H31FN4O.HI/c1-26-23(28-18-24(10-11-24)21-6-8-22(25)9-7-21)27-16-19-4-2-3-5-20(19)17-29-12-14-30-15-13-29;/h2-9H,10-18H2,1H3,(H2,26,27,28);1H. The number of morpholine rings is 1. The molecule has 0 aromatic heterocycles. The van der Waals surface area contributed by atoms with Crippen molar-refractivity contribution in [2.24, 2.45) is 4.99 Å². The van der Waals surface area contributed by atoms with Gasteiger partial charge in [-0.15, -0.1) is 24.0 Å². The van der Waals surface area contributed by atoms with E-state index in [4.69, 9.17) is 4.74 Å². The maximum Gasteiger partial charge on any atom is 0.191 e. The molecule has 2 aromatic carbocycles. The van der Waals surface area contributed by atoms with Gasteiger partial charge in [0.2, 0.25) is 0 Å². The summed E-state index contributed by atoms with van der Waals surface area (Å²) in [6, 6.07) is 15.5. The van der Waals surface area contributed by atoms with Crippen LogP contribution >= 0.6 is 24.0 Å². The number of rotatable bonds is 7. The summed E-state index contributed by atoms with van der Waals surface area (Å²) in [4.78, 5) is 6.83. The average molecular weight is 538 g/mol. The second-order valence-electron chi connectivity index (χ2n) is 8.22. The molecule has 5 nitrogen and oxygen atoms in total. The lowest BCUT2D eigenvalue weighted by molar-refractivity contribution is 0.0341. The number of ether oxygens (including phenoxy) is 1. The van der Waals surface area contributed by atoms with Crippen LogP contribution in [0.5, 0.6) is 0 Å². The summed E-state index contributed by atoms with van der Waals surface area (Å²) in [6.45, 7) is 6.06. The summed E-state index contributed by atoms with van der Waals surface area (Å²) in [5, 5.41) is 6.93. The molecule has 2 fully saturated rings. The molecule has 0 radical (unpaired) electrons. The molecular formula is C24H32FIN4O. The van der Waals surface area contributed by atoms with Gasteiger partial charge >= 0.3 is 0 Å². The van der Waals surface area contributed by atoms with E-state index >= 15 is 0 Å². The lowest BCUT2D eigenvalue weighted by Crippen LogP contribution is -2.41. The molecule has 2 N–H and O–H groups in total. The number of benzene rings is 2. The fraction of sp³-hybridized carbons (Fsp3) is 0.458. The Hall–Kier alpha value is -1.71. The molecule has 0 spiro atoms. The van der Waals surface area contributed by atoms with Crippen LogP contribution in [0.25, 0.3) is 0 Å². The van der Waals surface area contributed by atoms with Crippen LogP contribution in [0.3, 0.4) is 0 Å². The minimum absolute atomic E-state index is 0. The number of halogens is 2. The van der Waals surface area contributed by atoms with Crippen LogP contribution < -0.4 is 10.6 Å². The smallest absolute Gasteiger partial charge is 0.191 e. The Balaban J connectivity index is 0.00000272. The fourth-order valence-electron chi connectivity index (χ4n) is 4.06. The van der Waals surface area contributed by atoms with E-state index in [-0.39, 0.29) is 35.2 Å². The maximum atomic E-state index is 13.3. The van der Waals surface area contributed by atoms with Gasteiger partial charge in [0.25, 0.3) is 0 Å². The van der Waals surface area contributed by atoms with Gasteiger partial charge in [-0.1, -0.05) is 36.4 Å². The highest BCUT2D eigenvalue weighted by molar-refractivity contribution is 14.0. The minimum Gasteiger partial charge on any atom is -0.379 e. The first-order valence-electron chi connectivity index (χ1n) is 10.8. The zero-order chi connectivity index (χ0) is 20.8. The van der Waals surface area contributed by atoms with Gasteiger partial charge in [-0.2, -0.15) is 0 Å². The summed E-state index contributed by atoms with van der Waals surface area (Å²) in [5.74, 6) is 0.611. The second kappa shape index (κ2) is 11.2. The Bertz CT molecular complexity index is 864. The van der Waals surface area contributed by atoms with Crippen molar-refractivity contribution in [3.05, 3.63) is 71.0 Å². The van der Waals surface area contributed by atoms with Crippen molar-refractivity contribution >= 4 is 29.9 Å². The Morgan fingerprint density at radius 2 is 1.71 bits per heavy atom. The molecule has 1 saturated carbocycles. The van der Waals surface area contributed by atoms with Crippen molar-refractivity contribution in [1.29, 1.82) is 0 Å². The third-order valence-electron chi connectivity index (χ3n) is 6.19. The lowest BCUT2D eigenvalue weighted by atomic mass is 9.96. The molecular weight excluding hydrogens is 506 g/mol. The molecule has 4 rings (SSSR count). The van der Waals surface area contributed by atoms with Crippen molar-refractivity contribution < 1.29 is 9.13 Å². The van der Waals surface area contributed by atoms with E-state index in [9.17, 15) is 4.39 Å². The Kier molecular flexibility index (Phi) is 8.68. The monoisotopic (exact) mass is 538 g/mol. The predicted molar refractivity (Wildman–Crippen MR) is 133 cm³/mol. The highest BCUT2D eigenvalue weighted by Crippen LogP contribution is 2.47. The van der Waals surface area contributed by atoms with Crippen molar-refractivity contribution in [3.8, 4) is 0 Å². The van der Waals surface area contributed by atoms with E-state index < -0.39 is 0 Å². The van der Waals surface area contributed by atoms with Gasteiger partial charge in [-0.05, 0) is 41.7 Å². The third kappa shape index (κ3) is 6.40. The van der Waals surface area contributed by atoms with Crippen LogP contribution in [0.2, 0.25) is 0 Å². The van der Waals surface area contributed by atoms with Crippen LogP contribution in [-0.2, 0) is 23.2 Å². The van der Waals surface area contributed by atoms with E-state index in [0.717, 1.165) is 64.7 Å². The first-order chi connectivity index (χ1) is 14.7.